The van der Waals surface area contributed by atoms with Gasteiger partial charge in [0.25, 0.3) is 0 Å². The van der Waals surface area contributed by atoms with Gasteiger partial charge in [0.1, 0.15) is 5.82 Å². The Bertz CT molecular complexity index is 951. The van der Waals surface area contributed by atoms with Crippen LogP contribution in [0.25, 0.3) is 6.08 Å². The van der Waals surface area contributed by atoms with Gasteiger partial charge in [0.2, 0.25) is 15.9 Å². The molecule has 1 N–H and O–H groups in total. The lowest BCUT2D eigenvalue weighted by Gasteiger charge is -2.19. The third kappa shape index (κ3) is 5.24. The van der Waals surface area contributed by atoms with Gasteiger partial charge in [-0.25, -0.2) is 12.8 Å². The van der Waals surface area contributed by atoms with Crippen LogP contribution in [0, 0.1) is 12.7 Å². The van der Waals surface area contributed by atoms with E-state index in [2.05, 4.69) is 5.32 Å². The molecule has 0 unspecified atom stereocenters. The molecule has 1 amide bonds. The molecule has 27 heavy (non-hydrogen) atoms. The molecular weight excluding hydrogens is 367 g/mol. The number of nitrogens with one attached hydrogen (secondary N) is 1. The smallest absolute Gasteiger partial charge is 0.248 e. The monoisotopic (exact) mass is 390 g/mol. The van der Waals surface area contributed by atoms with Crippen LogP contribution in [-0.2, 0) is 14.8 Å². The first-order valence-corrected chi connectivity index (χ1v) is 10.1. The molecule has 0 aliphatic carbocycles. The standard InChI is InChI=1S/C20H23FN2O3S/c1-4-23(5-2)27(25,26)18-11-9-15(3)19(14-18)22-20(24)12-10-16-7-6-8-17(21)13-16/h6-14H,4-5H2,1-3H3,(H,22,24)/b12-10+. The molecule has 0 saturated heterocycles. The van der Waals surface area contributed by atoms with Gasteiger partial charge in [0, 0.05) is 24.9 Å². The van der Waals surface area contributed by atoms with Gasteiger partial charge >= 0.3 is 0 Å². The number of aryl methyl sites for hydroxylation is 1. The van der Waals surface area contributed by atoms with E-state index in [1.54, 1.807) is 39.0 Å². The molecule has 0 spiro atoms. The second-order valence-corrected chi connectivity index (χ2v) is 7.88. The fourth-order valence-electron chi connectivity index (χ4n) is 2.57. The number of carbonyl (C=O) groups excluding carboxylic acids is 1. The number of benzene rings is 2. The van der Waals surface area contributed by atoms with Gasteiger partial charge in [-0.2, -0.15) is 4.31 Å². The van der Waals surface area contributed by atoms with Crippen molar-refractivity contribution >= 4 is 27.7 Å². The minimum atomic E-state index is -3.61. The van der Waals surface area contributed by atoms with Crippen LogP contribution in [0.15, 0.2) is 53.4 Å². The van der Waals surface area contributed by atoms with Crippen LogP contribution >= 0.6 is 0 Å². The molecule has 0 bridgehead atoms. The Hall–Kier alpha value is -2.51. The summed E-state index contributed by atoms with van der Waals surface area (Å²) >= 11 is 0. The first kappa shape index (κ1) is 20.8. The van der Waals surface area contributed by atoms with Crippen LogP contribution < -0.4 is 5.32 Å². The maximum Gasteiger partial charge on any atom is 0.248 e. The number of hydrogen-bond donors (Lipinski definition) is 1. The van der Waals surface area contributed by atoms with Crippen molar-refractivity contribution in [1.82, 2.24) is 4.31 Å². The van der Waals surface area contributed by atoms with E-state index < -0.39 is 15.9 Å². The van der Waals surface area contributed by atoms with Crippen molar-refractivity contribution in [3.63, 3.8) is 0 Å². The fraction of sp³-hybridized carbons (Fsp3) is 0.250. The molecule has 2 aromatic carbocycles. The minimum Gasteiger partial charge on any atom is -0.322 e. The van der Waals surface area contributed by atoms with Gasteiger partial charge in [-0.1, -0.05) is 32.0 Å². The van der Waals surface area contributed by atoms with Crippen molar-refractivity contribution in [2.75, 3.05) is 18.4 Å². The maximum atomic E-state index is 13.2. The van der Waals surface area contributed by atoms with Crippen molar-refractivity contribution in [3.8, 4) is 0 Å². The van der Waals surface area contributed by atoms with E-state index in [1.165, 1.54) is 40.7 Å². The van der Waals surface area contributed by atoms with E-state index >= 15 is 0 Å². The molecule has 5 nitrogen and oxygen atoms in total. The zero-order chi connectivity index (χ0) is 20.0. The second-order valence-electron chi connectivity index (χ2n) is 5.94. The summed E-state index contributed by atoms with van der Waals surface area (Å²) in [5, 5.41) is 2.68. The molecule has 0 aliphatic heterocycles. The number of amides is 1. The minimum absolute atomic E-state index is 0.126. The fourth-order valence-corrected chi connectivity index (χ4v) is 4.05. The number of carbonyl (C=O) groups is 1. The summed E-state index contributed by atoms with van der Waals surface area (Å²) in [6, 6.07) is 10.5. The lowest BCUT2D eigenvalue weighted by atomic mass is 10.2. The largest absolute Gasteiger partial charge is 0.322 e. The number of halogens is 1. The van der Waals surface area contributed by atoms with Gasteiger partial charge < -0.3 is 5.32 Å². The molecule has 7 heteroatoms. The Labute approximate surface area is 159 Å². The van der Waals surface area contributed by atoms with Crippen LogP contribution in [0.3, 0.4) is 0 Å². The van der Waals surface area contributed by atoms with Crippen LogP contribution in [0.2, 0.25) is 0 Å². The molecular formula is C20H23FN2O3S. The number of anilines is 1. The molecule has 144 valence electrons. The Morgan fingerprint density at radius 2 is 1.85 bits per heavy atom. The molecule has 0 radical (unpaired) electrons. The van der Waals surface area contributed by atoms with E-state index in [0.29, 0.717) is 24.3 Å². The van der Waals surface area contributed by atoms with Gasteiger partial charge in [-0.05, 0) is 48.4 Å². The van der Waals surface area contributed by atoms with Crippen molar-refractivity contribution in [2.45, 2.75) is 25.7 Å². The van der Waals surface area contributed by atoms with Crippen molar-refractivity contribution in [3.05, 3.63) is 65.5 Å². The molecule has 2 aromatic rings. The zero-order valence-electron chi connectivity index (χ0n) is 15.6. The normalized spacial score (nSPS) is 11.9. The van der Waals surface area contributed by atoms with Gasteiger partial charge in [0.15, 0.2) is 0 Å². The molecule has 2 rings (SSSR count). The lowest BCUT2D eigenvalue weighted by molar-refractivity contribution is -0.111. The molecule has 0 heterocycles. The van der Waals surface area contributed by atoms with E-state index in [9.17, 15) is 17.6 Å². The Kier molecular flexibility index (Phi) is 6.87. The topological polar surface area (TPSA) is 66.5 Å². The third-order valence-electron chi connectivity index (χ3n) is 4.09. The highest BCUT2D eigenvalue weighted by Gasteiger charge is 2.22. The predicted octanol–water partition coefficient (Wildman–Crippen LogP) is 3.82. The van der Waals surface area contributed by atoms with Crippen molar-refractivity contribution < 1.29 is 17.6 Å². The van der Waals surface area contributed by atoms with Crippen molar-refractivity contribution in [2.24, 2.45) is 0 Å². The summed E-state index contributed by atoms with van der Waals surface area (Å²) in [6.07, 6.45) is 2.77. The van der Waals surface area contributed by atoms with Gasteiger partial charge in [-0.3, -0.25) is 4.79 Å². The summed E-state index contributed by atoms with van der Waals surface area (Å²) in [6.45, 7) is 6.06. The third-order valence-corrected chi connectivity index (χ3v) is 6.13. The summed E-state index contributed by atoms with van der Waals surface area (Å²) in [5.41, 5.74) is 1.71. The van der Waals surface area contributed by atoms with E-state index in [1.807, 2.05) is 0 Å². The second kappa shape index (κ2) is 8.92. The Balaban J connectivity index is 2.22. The Morgan fingerprint density at radius 3 is 2.48 bits per heavy atom. The number of sulfonamides is 1. The first-order chi connectivity index (χ1) is 12.8. The van der Waals surface area contributed by atoms with E-state index in [4.69, 9.17) is 0 Å². The van der Waals surface area contributed by atoms with Crippen LogP contribution in [0.5, 0.6) is 0 Å². The number of rotatable bonds is 7. The number of hydrogen-bond acceptors (Lipinski definition) is 3. The van der Waals surface area contributed by atoms with E-state index in [0.717, 1.165) is 5.56 Å². The molecule has 0 saturated carbocycles. The highest BCUT2D eigenvalue weighted by atomic mass is 32.2. The molecule has 0 atom stereocenters. The number of nitrogens with zero attached hydrogens (tertiary/aromatic N) is 1. The van der Waals surface area contributed by atoms with Crippen molar-refractivity contribution in [1.29, 1.82) is 0 Å². The average Bonchev–Trinajstić information content (AvgIpc) is 2.62. The molecule has 0 fully saturated rings. The lowest BCUT2D eigenvalue weighted by Crippen LogP contribution is -2.30. The summed E-state index contributed by atoms with van der Waals surface area (Å²) in [7, 11) is -3.61. The maximum absolute atomic E-state index is 13.2. The quantitative estimate of drug-likeness (QED) is 0.731. The van der Waals surface area contributed by atoms with Gasteiger partial charge in [-0.15, -0.1) is 0 Å². The predicted molar refractivity (Wildman–Crippen MR) is 105 cm³/mol. The zero-order valence-corrected chi connectivity index (χ0v) is 16.4. The van der Waals surface area contributed by atoms with Crippen LogP contribution in [0.1, 0.15) is 25.0 Å². The SMILES string of the molecule is CCN(CC)S(=O)(=O)c1ccc(C)c(NC(=O)/C=C/c2cccc(F)c2)c1. The average molecular weight is 390 g/mol. The molecule has 0 aromatic heterocycles. The first-order valence-electron chi connectivity index (χ1n) is 8.63. The summed E-state index contributed by atoms with van der Waals surface area (Å²) in [4.78, 5) is 12.3. The highest BCUT2D eigenvalue weighted by molar-refractivity contribution is 7.89. The summed E-state index contributed by atoms with van der Waals surface area (Å²) < 4.78 is 39.8. The summed E-state index contributed by atoms with van der Waals surface area (Å²) in [5.74, 6) is -0.817. The highest BCUT2D eigenvalue weighted by Crippen LogP contribution is 2.23. The van der Waals surface area contributed by atoms with Gasteiger partial charge in [0.05, 0.1) is 4.90 Å². The Morgan fingerprint density at radius 1 is 1.15 bits per heavy atom. The van der Waals surface area contributed by atoms with E-state index in [-0.39, 0.29) is 10.7 Å². The molecule has 0 aliphatic rings. The van der Waals surface area contributed by atoms with Crippen LogP contribution in [0.4, 0.5) is 10.1 Å². The van der Waals surface area contributed by atoms with Crippen LogP contribution in [-0.4, -0.2) is 31.7 Å².